The summed E-state index contributed by atoms with van der Waals surface area (Å²) in [5, 5.41) is 0. The van der Waals surface area contributed by atoms with Crippen LogP contribution in [0.15, 0.2) is 0 Å². The lowest BCUT2D eigenvalue weighted by atomic mass is 9.63. The minimum Gasteiger partial charge on any atom is -0.462 e. The van der Waals surface area contributed by atoms with E-state index in [1.54, 1.807) is 0 Å². The van der Waals surface area contributed by atoms with Crippen molar-refractivity contribution in [1.82, 2.24) is 0 Å². The van der Waals surface area contributed by atoms with E-state index in [2.05, 4.69) is 0 Å². The van der Waals surface area contributed by atoms with E-state index in [-0.39, 0.29) is 12.1 Å². The van der Waals surface area contributed by atoms with Crippen molar-refractivity contribution in [2.24, 2.45) is 11.8 Å². The van der Waals surface area contributed by atoms with E-state index in [0.717, 1.165) is 12.3 Å². The highest BCUT2D eigenvalue weighted by Gasteiger charge is 2.43. The largest absolute Gasteiger partial charge is 0.462 e. The molecule has 0 aromatic rings. The minimum atomic E-state index is -0.107. The molecule has 2 aliphatic rings. The summed E-state index contributed by atoms with van der Waals surface area (Å²) in [7, 11) is 0. The van der Waals surface area contributed by atoms with Crippen molar-refractivity contribution < 1.29 is 9.53 Å². The summed E-state index contributed by atoms with van der Waals surface area (Å²) < 4.78 is 5.22. The van der Waals surface area contributed by atoms with Gasteiger partial charge in [0.2, 0.25) is 0 Å². The molecule has 0 saturated heterocycles. The third-order valence-corrected chi connectivity index (χ3v) is 3.30. The van der Waals surface area contributed by atoms with Crippen LogP contribution in [0.3, 0.4) is 0 Å². The molecule has 0 bridgehead atoms. The van der Waals surface area contributed by atoms with Crippen LogP contribution in [0.4, 0.5) is 0 Å². The number of hydrogen-bond donors (Lipinski definition) is 0. The van der Waals surface area contributed by atoms with E-state index in [0.29, 0.717) is 5.92 Å². The molecule has 0 aromatic carbocycles. The Morgan fingerprint density at radius 3 is 2.75 bits per heavy atom. The van der Waals surface area contributed by atoms with Crippen molar-refractivity contribution in [2.45, 2.75) is 45.1 Å². The number of rotatable bonds is 1. The summed E-state index contributed by atoms with van der Waals surface area (Å²) in [5.74, 6) is 1.48. The first-order valence-electron chi connectivity index (χ1n) is 4.94. The van der Waals surface area contributed by atoms with Crippen molar-refractivity contribution in [3.05, 3.63) is 0 Å². The van der Waals surface area contributed by atoms with Crippen LogP contribution in [0.1, 0.15) is 39.0 Å². The van der Waals surface area contributed by atoms with Crippen molar-refractivity contribution in [3.8, 4) is 0 Å². The van der Waals surface area contributed by atoms with Gasteiger partial charge in [0, 0.05) is 6.92 Å². The van der Waals surface area contributed by atoms with Crippen molar-refractivity contribution in [2.75, 3.05) is 0 Å². The molecular formula is C10H16O2. The first kappa shape index (κ1) is 8.09. The summed E-state index contributed by atoms with van der Waals surface area (Å²) in [6.07, 6.45) is 6.76. The van der Waals surface area contributed by atoms with Crippen LogP contribution >= 0.6 is 0 Å². The highest BCUT2D eigenvalue weighted by atomic mass is 16.5. The lowest BCUT2D eigenvalue weighted by Crippen LogP contribution is -2.45. The molecule has 12 heavy (non-hydrogen) atoms. The molecule has 0 aliphatic heterocycles. The zero-order valence-electron chi connectivity index (χ0n) is 7.58. The average molecular weight is 168 g/mol. The molecule has 68 valence electrons. The Hall–Kier alpha value is -0.530. The van der Waals surface area contributed by atoms with Crippen LogP contribution in [0.25, 0.3) is 0 Å². The van der Waals surface area contributed by atoms with Gasteiger partial charge in [-0.3, -0.25) is 4.79 Å². The van der Waals surface area contributed by atoms with E-state index in [1.165, 1.54) is 32.6 Å². The van der Waals surface area contributed by atoms with Gasteiger partial charge in [-0.05, 0) is 31.1 Å². The van der Waals surface area contributed by atoms with E-state index >= 15 is 0 Å². The number of hydrogen-bond acceptors (Lipinski definition) is 2. The predicted molar refractivity (Wildman–Crippen MR) is 45.6 cm³/mol. The first-order chi connectivity index (χ1) is 5.77. The molecule has 0 N–H and O–H groups in total. The summed E-state index contributed by atoms with van der Waals surface area (Å²) in [6, 6.07) is 0. The molecule has 2 heteroatoms. The van der Waals surface area contributed by atoms with Crippen molar-refractivity contribution in [1.29, 1.82) is 0 Å². The lowest BCUT2D eigenvalue weighted by Gasteiger charge is -2.46. The van der Waals surface area contributed by atoms with Crippen molar-refractivity contribution in [3.63, 3.8) is 0 Å². The number of carbonyl (C=O) groups excluding carboxylic acids is 1. The summed E-state index contributed by atoms with van der Waals surface area (Å²) in [5.41, 5.74) is 0. The fourth-order valence-corrected chi connectivity index (χ4v) is 2.64. The number of fused-ring (bicyclic) bond motifs is 1. The summed E-state index contributed by atoms with van der Waals surface area (Å²) in [4.78, 5) is 10.7. The molecule has 0 unspecified atom stereocenters. The third kappa shape index (κ3) is 1.35. The molecule has 0 amide bonds. The fourth-order valence-electron chi connectivity index (χ4n) is 2.64. The van der Waals surface area contributed by atoms with Crippen LogP contribution in [0.2, 0.25) is 0 Å². The normalized spacial score (nSPS) is 39.6. The molecule has 2 rings (SSSR count). The van der Waals surface area contributed by atoms with E-state index in [9.17, 15) is 4.79 Å². The lowest BCUT2D eigenvalue weighted by molar-refractivity contribution is -0.163. The first-order valence-corrected chi connectivity index (χ1v) is 4.94. The molecule has 2 nitrogen and oxygen atoms in total. The third-order valence-electron chi connectivity index (χ3n) is 3.30. The molecular weight excluding hydrogens is 152 g/mol. The Kier molecular flexibility index (Phi) is 2.07. The number of ether oxygens (including phenoxy) is 1. The van der Waals surface area contributed by atoms with Gasteiger partial charge in [0.15, 0.2) is 0 Å². The smallest absolute Gasteiger partial charge is 0.302 e. The molecule has 2 aliphatic carbocycles. The maximum atomic E-state index is 10.7. The predicted octanol–water partition coefficient (Wildman–Crippen LogP) is 2.13. The number of esters is 1. The Morgan fingerprint density at radius 2 is 2.08 bits per heavy atom. The molecule has 2 fully saturated rings. The second kappa shape index (κ2) is 3.08. The van der Waals surface area contributed by atoms with Gasteiger partial charge in [-0.25, -0.2) is 0 Å². The highest BCUT2D eigenvalue weighted by molar-refractivity contribution is 5.66. The van der Waals surface area contributed by atoms with Crippen LogP contribution in [0.5, 0.6) is 0 Å². The van der Waals surface area contributed by atoms with Gasteiger partial charge in [0.05, 0.1) is 0 Å². The fraction of sp³-hybridized carbons (Fsp3) is 0.900. The summed E-state index contributed by atoms with van der Waals surface area (Å²) in [6.45, 7) is 1.51. The topological polar surface area (TPSA) is 26.3 Å². The maximum Gasteiger partial charge on any atom is 0.302 e. The van der Waals surface area contributed by atoms with Gasteiger partial charge in [-0.15, -0.1) is 0 Å². The van der Waals surface area contributed by atoms with Crippen molar-refractivity contribution >= 4 is 5.97 Å². The maximum absolute atomic E-state index is 10.7. The molecule has 0 radical (unpaired) electrons. The monoisotopic (exact) mass is 168 g/mol. The molecule has 2 saturated carbocycles. The van der Waals surface area contributed by atoms with Gasteiger partial charge >= 0.3 is 5.97 Å². The van der Waals surface area contributed by atoms with Gasteiger partial charge in [0.1, 0.15) is 6.10 Å². The molecule has 0 spiro atoms. The van der Waals surface area contributed by atoms with E-state index < -0.39 is 0 Å². The van der Waals surface area contributed by atoms with Gasteiger partial charge in [0.25, 0.3) is 0 Å². The van der Waals surface area contributed by atoms with Gasteiger partial charge in [-0.2, -0.15) is 0 Å². The molecule has 3 atom stereocenters. The Labute approximate surface area is 73.3 Å². The van der Waals surface area contributed by atoms with Crippen LogP contribution in [0, 0.1) is 11.8 Å². The van der Waals surface area contributed by atoms with Gasteiger partial charge < -0.3 is 4.74 Å². The Morgan fingerprint density at radius 1 is 1.33 bits per heavy atom. The molecule has 0 aromatic heterocycles. The van der Waals surface area contributed by atoms with E-state index in [1.807, 2.05) is 0 Å². The quantitative estimate of drug-likeness (QED) is 0.561. The standard InChI is InChI=1S/C10H16O2/c1-7(11)12-10-6-8-4-2-3-5-9(8)10/h8-10H,2-6H2,1H3/t8-,9-,10+/m0/s1. The Bertz CT molecular complexity index is 188. The zero-order chi connectivity index (χ0) is 8.55. The highest BCUT2D eigenvalue weighted by Crippen LogP contribution is 2.46. The van der Waals surface area contributed by atoms with E-state index in [4.69, 9.17) is 4.74 Å². The second-order valence-electron chi connectivity index (χ2n) is 4.09. The van der Waals surface area contributed by atoms with Crippen LogP contribution in [-0.2, 0) is 9.53 Å². The SMILES string of the molecule is CC(=O)O[C@@H]1C[C@@H]2CCCC[C@@H]21. The summed E-state index contributed by atoms with van der Waals surface area (Å²) >= 11 is 0. The molecule has 0 heterocycles. The zero-order valence-corrected chi connectivity index (χ0v) is 7.58. The average Bonchev–Trinajstić information content (AvgIpc) is 2.00. The Balaban J connectivity index is 1.84. The number of carbonyl (C=O) groups is 1. The van der Waals surface area contributed by atoms with Gasteiger partial charge in [-0.1, -0.05) is 12.8 Å². The second-order valence-corrected chi connectivity index (χ2v) is 4.09. The van der Waals surface area contributed by atoms with Crippen LogP contribution < -0.4 is 0 Å². The minimum absolute atomic E-state index is 0.107. The van der Waals surface area contributed by atoms with Crippen LogP contribution in [-0.4, -0.2) is 12.1 Å².